The summed E-state index contributed by atoms with van der Waals surface area (Å²) in [7, 11) is 0. The summed E-state index contributed by atoms with van der Waals surface area (Å²) in [6.07, 6.45) is 7.11. The second-order valence-corrected chi connectivity index (χ2v) is 3.23. The number of imidazole rings is 1. The molecule has 3 rings (SSSR count). The van der Waals surface area contributed by atoms with Gasteiger partial charge in [0.1, 0.15) is 18.2 Å². The molecule has 1 N–H and O–H groups in total. The van der Waals surface area contributed by atoms with Crippen molar-refractivity contribution in [3.63, 3.8) is 0 Å². The van der Waals surface area contributed by atoms with Crippen LogP contribution in [0.3, 0.4) is 0 Å². The summed E-state index contributed by atoms with van der Waals surface area (Å²) in [5, 5.41) is 3.33. The molecule has 66 valence electrons. The lowest BCUT2D eigenvalue weighted by molar-refractivity contribution is 0.566. The quantitative estimate of drug-likeness (QED) is 0.665. The SMILES string of the molecule is C[C@@H]1Nc2cocc2-n2cncc21. The van der Waals surface area contributed by atoms with Crippen molar-refractivity contribution in [2.24, 2.45) is 0 Å². The molecule has 1 aliphatic heterocycles. The lowest BCUT2D eigenvalue weighted by Crippen LogP contribution is -2.16. The van der Waals surface area contributed by atoms with E-state index in [1.54, 1.807) is 18.9 Å². The number of hydrogen-bond donors (Lipinski definition) is 1. The van der Waals surface area contributed by atoms with Crippen LogP contribution in [0.2, 0.25) is 0 Å². The molecule has 13 heavy (non-hydrogen) atoms. The molecule has 2 aromatic heterocycles. The Bertz CT molecular complexity index is 443. The molecule has 0 fully saturated rings. The van der Waals surface area contributed by atoms with Crippen LogP contribution in [0.5, 0.6) is 0 Å². The number of furan rings is 1. The third kappa shape index (κ3) is 0.771. The van der Waals surface area contributed by atoms with Gasteiger partial charge in [-0.1, -0.05) is 0 Å². The average molecular weight is 175 g/mol. The van der Waals surface area contributed by atoms with Crippen LogP contribution in [-0.2, 0) is 0 Å². The topological polar surface area (TPSA) is 43.0 Å². The molecule has 4 nitrogen and oxygen atoms in total. The van der Waals surface area contributed by atoms with Crippen molar-refractivity contribution < 1.29 is 4.42 Å². The van der Waals surface area contributed by atoms with Gasteiger partial charge in [0.2, 0.25) is 0 Å². The standard InChI is InChI=1S/C9H9N3O/c1-6-8-2-10-5-12(8)9-4-13-3-7(9)11-6/h2-6,11H,1H3/t6-/m0/s1. The second-order valence-electron chi connectivity index (χ2n) is 3.23. The van der Waals surface area contributed by atoms with Crippen LogP contribution in [0.25, 0.3) is 5.69 Å². The molecule has 0 aliphatic carbocycles. The maximum atomic E-state index is 5.13. The number of anilines is 1. The Hall–Kier alpha value is -1.71. The number of nitrogens with zero attached hydrogens (tertiary/aromatic N) is 2. The molecular weight excluding hydrogens is 166 g/mol. The molecule has 0 amide bonds. The molecule has 0 unspecified atom stereocenters. The van der Waals surface area contributed by atoms with E-state index in [1.165, 1.54) is 0 Å². The summed E-state index contributed by atoms with van der Waals surface area (Å²) in [6.45, 7) is 2.10. The molecule has 2 aromatic rings. The van der Waals surface area contributed by atoms with Crippen molar-refractivity contribution in [2.75, 3.05) is 5.32 Å². The van der Waals surface area contributed by atoms with Gasteiger partial charge in [0.15, 0.2) is 0 Å². The summed E-state index contributed by atoms with van der Waals surface area (Å²) < 4.78 is 7.17. The van der Waals surface area contributed by atoms with Gasteiger partial charge in [-0.25, -0.2) is 4.98 Å². The lowest BCUT2D eigenvalue weighted by Gasteiger charge is -2.22. The number of hydrogen-bond acceptors (Lipinski definition) is 3. The van der Waals surface area contributed by atoms with Crippen LogP contribution in [0.4, 0.5) is 5.69 Å². The van der Waals surface area contributed by atoms with E-state index < -0.39 is 0 Å². The van der Waals surface area contributed by atoms with Gasteiger partial charge in [-0.15, -0.1) is 0 Å². The monoisotopic (exact) mass is 175 g/mol. The Kier molecular flexibility index (Phi) is 1.12. The van der Waals surface area contributed by atoms with E-state index in [-0.39, 0.29) is 6.04 Å². The minimum Gasteiger partial charge on any atom is -0.468 e. The summed E-state index contributed by atoms with van der Waals surface area (Å²) >= 11 is 0. The van der Waals surface area contributed by atoms with Gasteiger partial charge in [-0.05, 0) is 6.92 Å². The van der Waals surface area contributed by atoms with Gasteiger partial charge in [-0.3, -0.25) is 4.57 Å². The van der Waals surface area contributed by atoms with Crippen molar-refractivity contribution in [1.82, 2.24) is 9.55 Å². The molecule has 1 aliphatic rings. The predicted molar refractivity (Wildman–Crippen MR) is 47.9 cm³/mol. The van der Waals surface area contributed by atoms with Crippen molar-refractivity contribution >= 4 is 5.69 Å². The molecule has 1 atom stereocenters. The number of aromatic nitrogens is 2. The summed E-state index contributed by atoms with van der Waals surface area (Å²) in [6, 6.07) is 0.285. The normalized spacial score (nSPS) is 19.0. The predicted octanol–water partition coefficient (Wildman–Crippen LogP) is 1.95. The van der Waals surface area contributed by atoms with E-state index in [1.807, 2.05) is 10.8 Å². The molecule has 0 saturated heterocycles. The second kappa shape index (κ2) is 2.16. The zero-order chi connectivity index (χ0) is 8.84. The maximum Gasteiger partial charge on any atom is 0.117 e. The number of fused-ring (bicyclic) bond motifs is 3. The number of nitrogens with one attached hydrogen (secondary N) is 1. The number of rotatable bonds is 0. The van der Waals surface area contributed by atoms with Gasteiger partial charge >= 0.3 is 0 Å². The van der Waals surface area contributed by atoms with Gasteiger partial charge in [0, 0.05) is 0 Å². The van der Waals surface area contributed by atoms with Crippen molar-refractivity contribution in [2.45, 2.75) is 13.0 Å². The Morgan fingerprint density at radius 2 is 2.46 bits per heavy atom. The fraction of sp³-hybridized carbons (Fsp3) is 0.222. The maximum absolute atomic E-state index is 5.13. The molecule has 0 spiro atoms. The van der Waals surface area contributed by atoms with Crippen LogP contribution < -0.4 is 5.32 Å². The summed E-state index contributed by atoms with van der Waals surface area (Å²) in [5.41, 5.74) is 3.22. The molecule has 0 radical (unpaired) electrons. The minimum absolute atomic E-state index is 0.285. The van der Waals surface area contributed by atoms with Crippen molar-refractivity contribution in [1.29, 1.82) is 0 Å². The van der Waals surface area contributed by atoms with Crippen molar-refractivity contribution in [3.05, 3.63) is 30.7 Å². The van der Waals surface area contributed by atoms with Gasteiger partial charge in [0.05, 0.1) is 29.9 Å². The Morgan fingerprint density at radius 3 is 3.38 bits per heavy atom. The van der Waals surface area contributed by atoms with Gasteiger partial charge in [-0.2, -0.15) is 0 Å². The van der Waals surface area contributed by atoms with E-state index in [0.29, 0.717) is 0 Å². The fourth-order valence-electron chi connectivity index (χ4n) is 1.72. The van der Waals surface area contributed by atoms with E-state index in [4.69, 9.17) is 4.42 Å². The van der Waals surface area contributed by atoms with Crippen LogP contribution in [0.1, 0.15) is 18.7 Å². The molecule has 4 heteroatoms. The average Bonchev–Trinajstić information content (AvgIpc) is 2.66. The third-order valence-corrected chi connectivity index (χ3v) is 2.38. The Labute approximate surface area is 75.2 Å². The highest BCUT2D eigenvalue weighted by atomic mass is 16.3. The minimum atomic E-state index is 0.285. The highest BCUT2D eigenvalue weighted by Gasteiger charge is 2.21. The first-order valence-corrected chi connectivity index (χ1v) is 4.21. The molecule has 3 heterocycles. The lowest BCUT2D eigenvalue weighted by atomic mass is 10.2. The Morgan fingerprint density at radius 1 is 1.54 bits per heavy atom. The third-order valence-electron chi connectivity index (χ3n) is 2.38. The van der Waals surface area contributed by atoms with Gasteiger partial charge < -0.3 is 9.73 Å². The first-order chi connectivity index (χ1) is 6.36. The molecule has 0 bridgehead atoms. The van der Waals surface area contributed by atoms with Crippen LogP contribution in [0.15, 0.2) is 29.5 Å². The molecular formula is C9H9N3O. The Balaban J connectivity index is 2.30. The van der Waals surface area contributed by atoms with Crippen LogP contribution in [-0.4, -0.2) is 9.55 Å². The highest BCUT2D eigenvalue weighted by molar-refractivity contribution is 5.62. The molecule has 0 aromatic carbocycles. The zero-order valence-corrected chi connectivity index (χ0v) is 7.19. The van der Waals surface area contributed by atoms with E-state index in [0.717, 1.165) is 17.1 Å². The summed E-state index contributed by atoms with van der Waals surface area (Å²) in [5.74, 6) is 0. The van der Waals surface area contributed by atoms with E-state index in [2.05, 4.69) is 17.2 Å². The van der Waals surface area contributed by atoms with Crippen LogP contribution >= 0.6 is 0 Å². The first kappa shape index (κ1) is 6.77. The fourth-order valence-corrected chi connectivity index (χ4v) is 1.72. The van der Waals surface area contributed by atoms with E-state index >= 15 is 0 Å². The highest BCUT2D eigenvalue weighted by Crippen LogP contribution is 2.32. The smallest absolute Gasteiger partial charge is 0.117 e. The van der Waals surface area contributed by atoms with Crippen molar-refractivity contribution in [3.8, 4) is 5.69 Å². The van der Waals surface area contributed by atoms with E-state index in [9.17, 15) is 0 Å². The largest absolute Gasteiger partial charge is 0.468 e. The van der Waals surface area contributed by atoms with Crippen LogP contribution in [0, 0.1) is 0 Å². The zero-order valence-electron chi connectivity index (χ0n) is 7.19. The summed E-state index contributed by atoms with van der Waals surface area (Å²) in [4.78, 5) is 4.11. The molecule has 0 saturated carbocycles. The first-order valence-electron chi connectivity index (χ1n) is 4.21. The van der Waals surface area contributed by atoms with Gasteiger partial charge in [0.25, 0.3) is 0 Å².